The van der Waals surface area contributed by atoms with Crippen molar-refractivity contribution in [1.82, 2.24) is 4.75 Å². The third kappa shape index (κ3) is 6.15. The van der Waals surface area contributed by atoms with Crippen LogP contribution in [0.2, 0.25) is 0 Å². The Kier molecular flexibility index (Phi) is 8.88. The van der Waals surface area contributed by atoms with Gasteiger partial charge in [0.15, 0.2) is 0 Å². The fraction of sp³-hybridized carbons (Fsp3) is 0.154. The van der Waals surface area contributed by atoms with Gasteiger partial charge >= 0.3 is 356 Å². The third-order valence-electron chi connectivity index (χ3n) is 11.6. The van der Waals surface area contributed by atoms with Gasteiger partial charge in [0.1, 0.15) is 0 Å². The molecular formula is C52H44ClN4Tl. The van der Waals surface area contributed by atoms with Gasteiger partial charge in [-0.05, 0) is 0 Å². The number of rotatable bonds is 4. The number of nitrogens with zero attached hydrogens (tertiary/aromatic N) is 4. The van der Waals surface area contributed by atoms with Crippen molar-refractivity contribution in [2.24, 2.45) is 9.98 Å². The predicted molar refractivity (Wildman–Crippen MR) is 244 cm³/mol. The maximum absolute atomic E-state index is 8.56. The van der Waals surface area contributed by atoms with Crippen LogP contribution in [0.15, 0.2) is 143 Å². The zero-order valence-corrected chi connectivity index (χ0v) is 39.5. The molecule has 4 nitrogen and oxygen atoms in total. The SMILES string of the molecule is Cc1cc(C)cc(C2=C3C=CC(=N3)C(c3cc(C)cc(C)c3)=c3ccc4[n]3[Tl]([Cl])[n]3c2ccc3C(c2cc(C)cc(C)c2)=C2C=CC(=N2)C=4c2cc(C)cc(C)c2)c1. The number of hydrogen-bond acceptors (Lipinski definition) is 2. The van der Waals surface area contributed by atoms with Crippen LogP contribution in [0.3, 0.4) is 0 Å². The fourth-order valence-electron chi connectivity index (χ4n) is 9.75. The van der Waals surface area contributed by atoms with E-state index in [9.17, 15) is 0 Å². The van der Waals surface area contributed by atoms with E-state index in [0.29, 0.717) is 0 Å². The van der Waals surface area contributed by atoms with Crippen molar-refractivity contribution in [3.05, 3.63) is 222 Å². The molecule has 0 aliphatic carbocycles. The van der Waals surface area contributed by atoms with Crippen molar-refractivity contribution in [3.8, 4) is 0 Å². The standard InChI is InChI=1S/C52H44N4.ClH.Tl/c1-29-17-30(2)22-37(21-29)49-41-9-11-43(53-41)50(38-23-31(3)18-32(4)24-38)45-13-15-47(55-45)52(40-27-35(7)20-36(8)28-40)48-16-14-46(56-48)51(44-12-10-42(49)54-44)39-25-33(5)19-34(6)26-39;;/h9-28H,1-8H3;1H;/q-2;;+3/p-1. The first-order chi connectivity index (χ1) is 27.9. The van der Waals surface area contributed by atoms with E-state index in [1.165, 1.54) is 44.5 Å². The van der Waals surface area contributed by atoms with Gasteiger partial charge in [-0.2, -0.15) is 0 Å². The van der Waals surface area contributed by atoms with Crippen LogP contribution in [0.1, 0.15) is 78.1 Å². The number of aromatic nitrogens is 2. The Bertz CT molecular complexity index is 2870. The summed E-state index contributed by atoms with van der Waals surface area (Å²) in [4.78, 5) is 11.2. The Morgan fingerprint density at radius 2 is 0.690 bits per heavy atom. The van der Waals surface area contributed by atoms with Gasteiger partial charge in [0.2, 0.25) is 0 Å². The fourth-order valence-corrected chi connectivity index (χ4v) is 21.3. The summed E-state index contributed by atoms with van der Waals surface area (Å²) < 4.78 is 5.12. The number of fused-ring (bicyclic) bond motifs is 2. The molecule has 6 bridgehead atoms. The Balaban J connectivity index is 1.46. The molecule has 6 aromatic rings. The first-order valence-electron chi connectivity index (χ1n) is 20.1. The van der Waals surface area contributed by atoms with Crippen LogP contribution in [-0.2, 0) is 0 Å². The first-order valence-corrected chi connectivity index (χ1v) is 29.6. The maximum atomic E-state index is 8.56. The molecule has 58 heavy (non-hydrogen) atoms. The van der Waals surface area contributed by atoms with Gasteiger partial charge in [-0.3, -0.25) is 0 Å². The van der Waals surface area contributed by atoms with Gasteiger partial charge in [-0.15, -0.1) is 0 Å². The number of benzene rings is 4. The van der Waals surface area contributed by atoms with Crippen LogP contribution >= 0.6 is 8.32 Å². The summed E-state index contributed by atoms with van der Waals surface area (Å²) in [7, 11) is 8.56. The summed E-state index contributed by atoms with van der Waals surface area (Å²) in [5.74, 6) is 0. The molecule has 4 aliphatic heterocycles. The van der Waals surface area contributed by atoms with Crippen molar-refractivity contribution in [2.45, 2.75) is 55.4 Å². The van der Waals surface area contributed by atoms with E-state index in [1.54, 1.807) is 0 Å². The van der Waals surface area contributed by atoms with Crippen LogP contribution in [0.5, 0.6) is 0 Å². The molecule has 6 heteroatoms. The van der Waals surface area contributed by atoms with Crippen LogP contribution in [0, 0.1) is 55.4 Å². The average Bonchev–Trinajstić information content (AvgIpc) is 3.96. The summed E-state index contributed by atoms with van der Waals surface area (Å²) in [5.41, 5.74) is 24.6. The molecule has 0 atom stereocenters. The molecule has 282 valence electrons. The number of hydrogen-bond donors (Lipinski definition) is 0. The van der Waals surface area contributed by atoms with E-state index in [1.807, 2.05) is 0 Å². The van der Waals surface area contributed by atoms with Gasteiger partial charge < -0.3 is 0 Å². The second-order valence-electron chi connectivity index (χ2n) is 16.7. The van der Waals surface area contributed by atoms with E-state index in [-0.39, 0.29) is 0 Å². The van der Waals surface area contributed by atoms with E-state index in [0.717, 1.165) is 89.4 Å². The van der Waals surface area contributed by atoms with Crippen molar-refractivity contribution in [2.75, 3.05) is 0 Å². The van der Waals surface area contributed by atoms with Crippen LogP contribution in [0.4, 0.5) is 0 Å². The van der Waals surface area contributed by atoms with E-state index in [2.05, 4.69) is 182 Å². The molecule has 0 N–H and O–H groups in total. The minimum atomic E-state index is -4.03. The van der Waals surface area contributed by atoms with Gasteiger partial charge in [-0.1, -0.05) is 0 Å². The van der Waals surface area contributed by atoms with Gasteiger partial charge in [0.05, 0.1) is 0 Å². The Morgan fingerprint density at radius 3 is 1.02 bits per heavy atom. The molecule has 0 saturated heterocycles. The summed E-state index contributed by atoms with van der Waals surface area (Å²) in [6.45, 7) is 17.5. The number of aryl methyl sites for hydroxylation is 8. The molecule has 0 spiro atoms. The summed E-state index contributed by atoms with van der Waals surface area (Å²) in [6.07, 6.45) is 8.86. The number of aliphatic imine (C=N–C) groups is 2. The molecular weight excluding hydrogens is 920 g/mol. The Labute approximate surface area is 353 Å². The predicted octanol–water partition coefficient (Wildman–Crippen LogP) is 10.3. The molecule has 0 radical (unpaired) electrons. The Hall–Kier alpha value is -5.31. The van der Waals surface area contributed by atoms with Gasteiger partial charge in [-0.25, -0.2) is 0 Å². The molecule has 0 unspecified atom stereocenters. The van der Waals surface area contributed by atoms with E-state index >= 15 is 0 Å². The van der Waals surface area contributed by atoms with Crippen LogP contribution in [0.25, 0.3) is 22.3 Å². The second kappa shape index (κ2) is 13.9. The third-order valence-corrected chi connectivity index (χ3v) is 22.7. The zero-order chi connectivity index (χ0) is 40.1. The van der Waals surface area contributed by atoms with Crippen molar-refractivity contribution >= 4 is 64.1 Å². The molecule has 4 aromatic carbocycles. The van der Waals surface area contributed by atoms with Gasteiger partial charge in [0, 0.05) is 0 Å². The monoisotopic (exact) mass is 964 g/mol. The molecule has 4 aliphatic rings. The summed E-state index contributed by atoms with van der Waals surface area (Å²) in [6, 6.07) is 36.6. The van der Waals surface area contributed by atoms with Crippen LogP contribution in [-0.4, -0.2) is 38.3 Å². The second-order valence-corrected chi connectivity index (χ2v) is 26.6. The van der Waals surface area contributed by atoms with Crippen molar-refractivity contribution < 1.29 is 0 Å². The van der Waals surface area contributed by atoms with E-state index < -0.39 is 22.1 Å². The zero-order valence-electron chi connectivity index (χ0n) is 34.3. The minimum absolute atomic E-state index is 0.946. The summed E-state index contributed by atoms with van der Waals surface area (Å²) in [5, 5.41) is 2.18. The van der Waals surface area contributed by atoms with Crippen molar-refractivity contribution in [3.63, 3.8) is 0 Å². The number of allylic oxidation sites excluding steroid dienone is 4. The van der Waals surface area contributed by atoms with Crippen LogP contribution < -0.4 is 10.7 Å². The molecule has 6 heterocycles. The number of halogens is 1. The van der Waals surface area contributed by atoms with E-state index in [4.69, 9.17) is 18.3 Å². The quantitative estimate of drug-likeness (QED) is 0.158. The molecule has 0 fully saturated rings. The molecule has 0 amide bonds. The normalized spacial score (nSPS) is 15.5. The topological polar surface area (TPSA) is 34.6 Å². The molecule has 10 rings (SSSR count). The van der Waals surface area contributed by atoms with Gasteiger partial charge in [0.25, 0.3) is 0 Å². The Morgan fingerprint density at radius 1 is 0.379 bits per heavy atom. The van der Waals surface area contributed by atoms with Crippen molar-refractivity contribution in [1.29, 1.82) is 0 Å². The summed E-state index contributed by atoms with van der Waals surface area (Å²) >= 11 is -4.03. The molecule has 2 aromatic heterocycles. The average molecular weight is 965 g/mol. The molecule has 0 saturated carbocycles. The first kappa shape index (κ1) is 37.0.